The fourth-order valence-corrected chi connectivity index (χ4v) is 3.83. The fourth-order valence-electron chi connectivity index (χ4n) is 3.83. The number of benzene rings is 2. The van der Waals surface area contributed by atoms with Crippen LogP contribution in [0, 0.1) is 0 Å². The molecule has 0 unspecified atom stereocenters. The van der Waals surface area contributed by atoms with Crippen LogP contribution in [0.15, 0.2) is 71.3 Å². The number of amides is 2. The van der Waals surface area contributed by atoms with Crippen LogP contribution in [0.1, 0.15) is 30.2 Å². The Morgan fingerprint density at radius 2 is 1.71 bits per heavy atom. The summed E-state index contributed by atoms with van der Waals surface area (Å²) in [5, 5.41) is 0. The molecule has 1 aliphatic rings. The van der Waals surface area contributed by atoms with Gasteiger partial charge >= 0.3 is 0 Å². The lowest BCUT2D eigenvalue weighted by Gasteiger charge is -2.27. The third-order valence-electron chi connectivity index (χ3n) is 5.60. The van der Waals surface area contributed by atoms with Crippen molar-refractivity contribution in [2.24, 2.45) is 0 Å². The van der Waals surface area contributed by atoms with Crippen molar-refractivity contribution in [1.29, 1.82) is 0 Å². The van der Waals surface area contributed by atoms with Gasteiger partial charge in [-0.25, -0.2) is 0 Å². The molecule has 0 spiro atoms. The molecule has 0 bridgehead atoms. The molecule has 2 aromatic carbocycles. The highest BCUT2D eigenvalue weighted by atomic mass is 16.7. The smallest absolute Gasteiger partial charge is 0.249 e. The van der Waals surface area contributed by atoms with Crippen molar-refractivity contribution in [2.75, 3.05) is 26.5 Å². The van der Waals surface area contributed by atoms with Gasteiger partial charge in [0, 0.05) is 13.1 Å². The molecule has 1 aliphatic heterocycles. The van der Waals surface area contributed by atoms with E-state index in [2.05, 4.69) is 0 Å². The average Bonchev–Trinajstić information content (AvgIpc) is 3.55. The number of hydrogen-bond donors (Lipinski definition) is 0. The van der Waals surface area contributed by atoms with Gasteiger partial charge in [-0.05, 0) is 41.8 Å². The summed E-state index contributed by atoms with van der Waals surface area (Å²) in [5.74, 6) is 1.62. The molecule has 0 saturated heterocycles. The zero-order chi connectivity index (χ0) is 24.5. The molecule has 184 valence electrons. The predicted molar refractivity (Wildman–Crippen MR) is 128 cm³/mol. The summed E-state index contributed by atoms with van der Waals surface area (Å²) in [4.78, 5) is 29.5. The number of rotatable bonds is 12. The molecule has 0 aliphatic carbocycles. The summed E-state index contributed by atoms with van der Waals surface area (Å²) in [6.07, 6.45) is 2.31. The lowest BCUT2D eigenvalue weighted by Crippen LogP contribution is -2.44. The average molecular weight is 479 g/mol. The summed E-state index contributed by atoms with van der Waals surface area (Å²) < 4.78 is 22.0. The largest absolute Gasteiger partial charge is 0.467 e. The summed E-state index contributed by atoms with van der Waals surface area (Å²) >= 11 is 0. The Hall–Kier alpha value is -3.78. The first-order valence-corrected chi connectivity index (χ1v) is 11.7. The van der Waals surface area contributed by atoms with E-state index in [1.54, 1.807) is 22.1 Å². The molecular formula is C27H30N2O6. The van der Waals surface area contributed by atoms with Crippen LogP contribution < -0.4 is 9.47 Å². The highest BCUT2D eigenvalue weighted by Gasteiger charge is 2.23. The van der Waals surface area contributed by atoms with Crippen LogP contribution >= 0.6 is 0 Å². The molecule has 8 nitrogen and oxygen atoms in total. The van der Waals surface area contributed by atoms with E-state index in [-0.39, 0.29) is 31.8 Å². The van der Waals surface area contributed by atoms with Crippen molar-refractivity contribution in [1.82, 2.24) is 9.80 Å². The first-order chi connectivity index (χ1) is 17.1. The molecule has 35 heavy (non-hydrogen) atoms. The minimum Gasteiger partial charge on any atom is -0.467 e. The van der Waals surface area contributed by atoms with Gasteiger partial charge in [0.2, 0.25) is 18.6 Å². The van der Waals surface area contributed by atoms with Crippen LogP contribution in [0.2, 0.25) is 0 Å². The van der Waals surface area contributed by atoms with Crippen LogP contribution in [0.3, 0.4) is 0 Å². The van der Waals surface area contributed by atoms with Crippen molar-refractivity contribution in [2.45, 2.75) is 33.0 Å². The molecule has 0 saturated carbocycles. The van der Waals surface area contributed by atoms with Gasteiger partial charge in [0.25, 0.3) is 0 Å². The SMILES string of the molecule is CCCN(CC(=O)N(Cc1ccc2c(c1)OCO2)Cc1ccco1)C(=O)COCc1ccccc1. The Morgan fingerprint density at radius 1 is 0.886 bits per heavy atom. The normalized spacial score (nSPS) is 11.9. The second-order valence-electron chi connectivity index (χ2n) is 8.31. The molecule has 0 fully saturated rings. The van der Waals surface area contributed by atoms with Crippen LogP contribution in [0.5, 0.6) is 11.5 Å². The molecule has 4 rings (SSSR count). The minimum atomic E-state index is -0.211. The van der Waals surface area contributed by atoms with E-state index < -0.39 is 0 Å². The van der Waals surface area contributed by atoms with Gasteiger partial charge in [0.1, 0.15) is 12.4 Å². The zero-order valence-corrected chi connectivity index (χ0v) is 19.9. The monoisotopic (exact) mass is 478 g/mol. The summed E-state index contributed by atoms with van der Waals surface area (Å²) in [6.45, 7) is 3.49. The Morgan fingerprint density at radius 3 is 2.49 bits per heavy atom. The quantitative estimate of drug-likeness (QED) is 0.392. The van der Waals surface area contributed by atoms with Crippen LogP contribution in [0.25, 0.3) is 0 Å². The number of hydrogen-bond acceptors (Lipinski definition) is 6. The highest BCUT2D eigenvalue weighted by molar-refractivity contribution is 5.85. The van der Waals surface area contributed by atoms with E-state index in [9.17, 15) is 9.59 Å². The first-order valence-electron chi connectivity index (χ1n) is 11.7. The van der Waals surface area contributed by atoms with Gasteiger partial charge < -0.3 is 28.4 Å². The maximum absolute atomic E-state index is 13.4. The van der Waals surface area contributed by atoms with Crippen LogP contribution in [0.4, 0.5) is 0 Å². The van der Waals surface area contributed by atoms with Crippen molar-refractivity contribution < 1.29 is 28.2 Å². The molecule has 0 radical (unpaired) electrons. The molecule has 0 N–H and O–H groups in total. The first kappa shape index (κ1) is 24.3. The summed E-state index contributed by atoms with van der Waals surface area (Å²) in [7, 11) is 0. The van der Waals surface area contributed by atoms with Gasteiger partial charge in [-0.2, -0.15) is 0 Å². The maximum Gasteiger partial charge on any atom is 0.249 e. The van der Waals surface area contributed by atoms with Crippen molar-refractivity contribution >= 4 is 11.8 Å². The minimum absolute atomic E-state index is 0.0351. The van der Waals surface area contributed by atoms with Gasteiger partial charge in [-0.1, -0.05) is 43.3 Å². The van der Waals surface area contributed by atoms with Crippen LogP contribution in [-0.2, 0) is 34.0 Å². The molecular weight excluding hydrogens is 448 g/mol. The number of ether oxygens (including phenoxy) is 3. The third kappa shape index (κ3) is 6.86. The topological polar surface area (TPSA) is 81.5 Å². The molecule has 3 aromatic rings. The standard InChI is InChI=1S/C27H30N2O6/c1-2-12-28(27(31)19-32-18-21-7-4-3-5-8-21)17-26(30)29(16-23-9-6-13-33-23)15-22-10-11-24-25(14-22)35-20-34-24/h3-11,13-14H,2,12,15-20H2,1H3. The second kappa shape index (κ2) is 12.1. The van der Waals surface area contributed by atoms with E-state index in [1.165, 1.54) is 0 Å². The van der Waals surface area contributed by atoms with E-state index in [0.717, 1.165) is 17.5 Å². The number of furan rings is 1. The van der Waals surface area contributed by atoms with E-state index in [4.69, 9.17) is 18.6 Å². The van der Waals surface area contributed by atoms with Gasteiger partial charge in [-0.15, -0.1) is 0 Å². The molecule has 2 heterocycles. The molecule has 1 aromatic heterocycles. The second-order valence-corrected chi connectivity index (χ2v) is 8.31. The Kier molecular flexibility index (Phi) is 8.40. The van der Waals surface area contributed by atoms with Crippen molar-refractivity contribution in [3.63, 3.8) is 0 Å². The predicted octanol–water partition coefficient (Wildman–Crippen LogP) is 3.99. The molecule has 2 amide bonds. The third-order valence-corrected chi connectivity index (χ3v) is 5.60. The van der Waals surface area contributed by atoms with Crippen molar-refractivity contribution in [3.05, 3.63) is 83.8 Å². The number of nitrogens with zero attached hydrogens (tertiary/aromatic N) is 2. The van der Waals surface area contributed by atoms with Crippen LogP contribution in [-0.4, -0.2) is 48.1 Å². The van der Waals surface area contributed by atoms with Gasteiger partial charge in [0.15, 0.2) is 11.5 Å². The Balaban J connectivity index is 1.40. The summed E-state index contributed by atoms with van der Waals surface area (Å²) in [6, 6.07) is 18.9. The fraction of sp³-hybridized carbons (Fsp3) is 0.333. The van der Waals surface area contributed by atoms with E-state index >= 15 is 0 Å². The summed E-state index contributed by atoms with van der Waals surface area (Å²) in [5.41, 5.74) is 1.89. The number of carbonyl (C=O) groups excluding carboxylic acids is 2. The van der Waals surface area contributed by atoms with Gasteiger partial charge in [0.05, 0.1) is 26.0 Å². The Labute approximate surface area is 205 Å². The number of fused-ring (bicyclic) bond motifs is 1. The maximum atomic E-state index is 13.4. The lowest BCUT2D eigenvalue weighted by atomic mass is 10.2. The molecule has 8 heteroatoms. The Bertz CT molecular complexity index is 1100. The van der Waals surface area contributed by atoms with E-state index in [0.29, 0.717) is 43.5 Å². The van der Waals surface area contributed by atoms with Gasteiger partial charge in [-0.3, -0.25) is 9.59 Å². The zero-order valence-electron chi connectivity index (χ0n) is 19.9. The lowest BCUT2D eigenvalue weighted by molar-refractivity contribution is -0.144. The molecule has 0 atom stereocenters. The highest BCUT2D eigenvalue weighted by Crippen LogP contribution is 2.33. The van der Waals surface area contributed by atoms with E-state index in [1.807, 2.05) is 61.5 Å². The number of carbonyl (C=O) groups is 2. The van der Waals surface area contributed by atoms with Crippen molar-refractivity contribution in [3.8, 4) is 11.5 Å².